The average Bonchev–Trinajstić information content (AvgIpc) is 3.07. The number of amides is 2. The minimum absolute atomic E-state index is 0.0151. The van der Waals surface area contributed by atoms with Crippen molar-refractivity contribution in [2.45, 2.75) is 31.7 Å². The first-order valence-corrected chi connectivity index (χ1v) is 10.6. The first-order chi connectivity index (χ1) is 14.1. The van der Waals surface area contributed by atoms with E-state index in [0.717, 1.165) is 22.9 Å². The van der Waals surface area contributed by atoms with Crippen LogP contribution in [0, 0.1) is 0 Å². The Bertz CT molecular complexity index is 1040. The summed E-state index contributed by atoms with van der Waals surface area (Å²) in [5.41, 5.74) is 1.11. The van der Waals surface area contributed by atoms with Crippen LogP contribution < -0.4 is 10.6 Å². The van der Waals surface area contributed by atoms with Crippen molar-refractivity contribution in [2.24, 2.45) is 0 Å². The van der Waals surface area contributed by atoms with Gasteiger partial charge in [0.2, 0.25) is 5.91 Å². The van der Waals surface area contributed by atoms with Crippen molar-refractivity contribution in [3.63, 3.8) is 0 Å². The molecule has 2 heterocycles. The van der Waals surface area contributed by atoms with E-state index in [-0.39, 0.29) is 24.0 Å². The van der Waals surface area contributed by atoms with Crippen molar-refractivity contribution in [2.75, 3.05) is 6.54 Å². The molecule has 0 spiro atoms. The lowest BCUT2D eigenvalue weighted by Crippen LogP contribution is -2.45. The number of thiophene rings is 1. The zero-order valence-corrected chi connectivity index (χ0v) is 16.8. The second kappa shape index (κ2) is 8.57. The van der Waals surface area contributed by atoms with Gasteiger partial charge in [0, 0.05) is 23.2 Å². The standard InChI is InChI=1S/C23H22N2O3S/c26-19(21-14-16-8-2-4-11-20(16)29-21)13-15-7-1-3-9-17(15)22(27)25-18-10-5-6-12-24-23(18)28/h1-4,7-9,11,14,18H,5-6,10,12-13H2,(H,24,28)(H,25,27). The molecule has 2 N–H and O–H groups in total. The summed E-state index contributed by atoms with van der Waals surface area (Å²) in [6.45, 7) is 0.644. The Morgan fingerprint density at radius 3 is 2.72 bits per heavy atom. The molecular formula is C23H22N2O3S. The molecule has 1 aromatic heterocycles. The molecule has 29 heavy (non-hydrogen) atoms. The van der Waals surface area contributed by atoms with E-state index in [1.165, 1.54) is 11.3 Å². The zero-order valence-electron chi connectivity index (χ0n) is 15.9. The van der Waals surface area contributed by atoms with Crippen molar-refractivity contribution in [1.29, 1.82) is 0 Å². The fourth-order valence-electron chi connectivity index (χ4n) is 3.59. The topological polar surface area (TPSA) is 75.3 Å². The highest BCUT2D eigenvalue weighted by Gasteiger charge is 2.24. The second-order valence-corrected chi connectivity index (χ2v) is 8.30. The molecule has 4 rings (SSSR count). The maximum Gasteiger partial charge on any atom is 0.252 e. The van der Waals surface area contributed by atoms with Crippen LogP contribution in [0.2, 0.25) is 0 Å². The molecule has 0 saturated carbocycles. The van der Waals surface area contributed by atoms with Crippen LogP contribution in [0.25, 0.3) is 10.1 Å². The summed E-state index contributed by atoms with van der Waals surface area (Å²) in [4.78, 5) is 38.5. The molecule has 2 aromatic carbocycles. The molecular weight excluding hydrogens is 384 g/mol. The summed E-state index contributed by atoms with van der Waals surface area (Å²) in [5, 5.41) is 6.71. The van der Waals surface area contributed by atoms with Gasteiger partial charge in [-0.25, -0.2) is 0 Å². The largest absolute Gasteiger partial charge is 0.354 e. The van der Waals surface area contributed by atoms with Crippen LogP contribution in [0.1, 0.15) is 44.9 Å². The van der Waals surface area contributed by atoms with E-state index in [2.05, 4.69) is 10.6 Å². The highest BCUT2D eigenvalue weighted by molar-refractivity contribution is 7.20. The van der Waals surface area contributed by atoms with Crippen molar-refractivity contribution in [3.8, 4) is 0 Å². The molecule has 2 amide bonds. The minimum Gasteiger partial charge on any atom is -0.354 e. The predicted molar refractivity (Wildman–Crippen MR) is 114 cm³/mol. The third-order valence-electron chi connectivity index (χ3n) is 5.15. The van der Waals surface area contributed by atoms with Gasteiger partial charge in [-0.05, 0) is 48.4 Å². The lowest BCUT2D eigenvalue weighted by molar-refractivity contribution is -0.122. The van der Waals surface area contributed by atoms with Gasteiger partial charge in [-0.1, -0.05) is 36.4 Å². The maximum atomic E-state index is 12.9. The highest BCUT2D eigenvalue weighted by Crippen LogP contribution is 2.26. The minimum atomic E-state index is -0.531. The zero-order chi connectivity index (χ0) is 20.2. The van der Waals surface area contributed by atoms with Gasteiger partial charge >= 0.3 is 0 Å². The monoisotopic (exact) mass is 406 g/mol. The number of hydrogen-bond donors (Lipinski definition) is 2. The lowest BCUT2D eigenvalue weighted by Gasteiger charge is -2.16. The van der Waals surface area contributed by atoms with Gasteiger partial charge in [-0.3, -0.25) is 14.4 Å². The van der Waals surface area contributed by atoms with Crippen molar-refractivity contribution in [1.82, 2.24) is 10.6 Å². The molecule has 3 aromatic rings. The molecule has 1 atom stereocenters. The Morgan fingerprint density at radius 1 is 1.07 bits per heavy atom. The SMILES string of the molecule is O=C(Cc1ccccc1C(=O)NC1CCCCNC1=O)c1cc2ccccc2s1. The van der Waals surface area contributed by atoms with E-state index >= 15 is 0 Å². The van der Waals surface area contributed by atoms with Crippen LogP contribution in [0.3, 0.4) is 0 Å². The molecule has 0 aliphatic carbocycles. The number of rotatable bonds is 5. The third-order valence-corrected chi connectivity index (χ3v) is 6.31. The summed E-state index contributed by atoms with van der Waals surface area (Å²) < 4.78 is 1.07. The Balaban J connectivity index is 1.52. The Hall–Kier alpha value is -2.99. The number of carbonyl (C=O) groups is 3. The van der Waals surface area contributed by atoms with Gasteiger partial charge in [0.15, 0.2) is 5.78 Å². The first-order valence-electron chi connectivity index (χ1n) is 9.80. The summed E-state index contributed by atoms with van der Waals surface area (Å²) in [7, 11) is 0. The number of benzene rings is 2. The van der Waals surface area contributed by atoms with Crippen LogP contribution in [0.4, 0.5) is 0 Å². The molecule has 1 aliphatic rings. The molecule has 1 fully saturated rings. The smallest absolute Gasteiger partial charge is 0.252 e. The number of carbonyl (C=O) groups excluding carboxylic acids is 3. The Labute approximate surface area is 173 Å². The summed E-state index contributed by atoms with van der Waals surface area (Å²) in [6.07, 6.45) is 2.57. The third kappa shape index (κ3) is 4.38. The van der Waals surface area contributed by atoms with Crippen LogP contribution >= 0.6 is 11.3 Å². The van der Waals surface area contributed by atoms with Crippen LogP contribution in [-0.4, -0.2) is 30.2 Å². The first kappa shape index (κ1) is 19.3. The van der Waals surface area contributed by atoms with Gasteiger partial charge in [0.25, 0.3) is 5.91 Å². The highest BCUT2D eigenvalue weighted by atomic mass is 32.1. The van der Waals surface area contributed by atoms with Gasteiger partial charge in [0.05, 0.1) is 4.88 Å². The molecule has 0 bridgehead atoms. The van der Waals surface area contributed by atoms with Crippen molar-refractivity contribution in [3.05, 3.63) is 70.6 Å². The maximum absolute atomic E-state index is 12.9. The number of fused-ring (bicyclic) bond motifs is 1. The summed E-state index contributed by atoms with van der Waals surface area (Å²) in [5.74, 6) is -0.472. The Kier molecular flexibility index (Phi) is 5.71. The summed E-state index contributed by atoms with van der Waals surface area (Å²) >= 11 is 1.47. The molecule has 1 aliphatic heterocycles. The molecule has 148 valence electrons. The molecule has 6 heteroatoms. The van der Waals surface area contributed by atoms with Crippen LogP contribution in [-0.2, 0) is 11.2 Å². The summed E-state index contributed by atoms with van der Waals surface area (Å²) in [6, 6.07) is 16.4. The van der Waals surface area contributed by atoms with E-state index in [1.54, 1.807) is 18.2 Å². The molecule has 0 radical (unpaired) electrons. The second-order valence-electron chi connectivity index (χ2n) is 7.22. The average molecular weight is 407 g/mol. The number of Topliss-reactive ketones (excluding diaryl/α,β-unsaturated/α-hetero) is 1. The fraction of sp³-hybridized carbons (Fsp3) is 0.261. The number of ketones is 1. The van der Waals surface area contributed by atoms with E-state index in [1.807, 2.05) is 36.4 Å². The molecule has 1 saturated heterocycles. The quantitative estimate of drug-likeness (QED) is 0.634. The van der Waals surface area contributed by atoms with Gasteiger partial charge in [0.1, 0.15) is 6.04 Å². The molecule has 5 nitrogen and oxygen atoms in total. The number of hydrogen-bond acceptors (Lipinski definition) is 4. The van der Waals surface area contributed by atoms with Gasteiger partial charge < -0.3 is 10.6 Å². The van der Waals surface area contributed by atoms with E-state index in [4.69, 9.17) is 0 Å². The van der Waals surface area contributed by atoms with E-state index in [9.17, 15) is 14.4 Å². The van der Waals surface area contributed by atoms with Crippen molar-refractivity contribution < 1.29 is 14.4 Å². The molecule has 1 unspecified atom stereocenters. The van der Waals surface area contributed by atoms with Gasteiger partial charge in [-0.2, -0.15) is 0 Å². The van der Waals surface area contributed by atoms with Gasteiger partial charge in [-0.15, -0.1) is 11.3 Å². The Morgan fingerprint density at radius 2 is 1.86 bits per heavy atom. The predicted octanol–water partition coefficient (Wildman–Crippen LogP) is 3.73. The van der Waals surface area contributed by atoms with Crippen LogP contribution in [0.15, 0.2) is 54.6 Å². The normalized spacial score (nSPS) is 16.8. The van der Waals surface area contributed by atoms with Crippen molar-refractivity contribution >= 4 is 39.0 Å². The van der Waals surface area contributed by atoms with E-state index in [0.29, 0.717) is 29.0 Å². The van der Waals surface area contributed by atoms with Crippen LogP contribution in [0.5, 0.6) is 0 Å². The van der Waals surface area contributed by atoms with E-state index < -0.39 is 6.04 Å². The number of nitrogens with one attached hydrogen (secondary N) is 2. The fourth-order valence-corrected chi connectivity index (χ4v) is 4.59. The lowest BCUT2D eigenvalue weighted by atomic mass is 10.00.